The molecular formula is C66H119NO10. The molecule has 8 atom stereocenters. The molecule has 1 aliphatic rings. The number of hydrogen-bond donors (Lipinski definition) is 6. The van der Waals surface area contributed by atoms with Gasteiger partial charge in [-0.1, -0.05) is 255 Å². The molecule has 0 radical (unpaired) electrons. The number of amides is 1. The van der Waals surface area contributed by atoms with Gasteiger partial charge >= 0.3 is 5.97 Å². The summed E-state index contributed by atoms with van der Waals surface area (Å²) >= 11 is 0. The average molecular weight is 1090 g/mol. The number of hydrogen-bond acceptors (Lipinski definition) is 10. The molecule has 1 rings (SSSR count). The lowest BCUT2D eigenvalue weighted by molar-refractivity contribution is -0.305. The fourth-order valence-corrected chi connectivity index (χ4v) is 9.79. The van der Waals surface area contributed by atoms with Crippen molar-refractivity contribution in [2.75, 3.05) is 13.2 Å². The summed E-state index contributed by atoms with van der Waals surface area (Å²) in [7, 11) is 0. The van der Waals surface area contributed by atoms with E-state index in [9.17, 15) is 35.1 Å². The highest BCUT2D eigenvalue weighted by Gasteiger charge is 2.47. The Kier molecular flexibility index (Phi) is 50.7. The highest BCUT2D eigenvalue weighted by molar-refractivity contribution is 5.80. The fourth-order valence-electron chi connectivity index (χ4n) is 9.79. The van der Waals surface area contributed by atoms with Crippen LogP contribution in [-0.2, 0) is 23.8 Å². The van der Waals surface area contributed by atoms with Crippen LogP contribution in [0.25, 0.3) is 0 Å². The molecule has 0 aromatic carbocycles. The van der Waals surface area contributed by atoms with Gasteiger partial charge in [-0.2, -0.15) is 0 Å². The van der Waals surface area contributed by atoms with Crippen LogP contribution in [0, 0.1) is 0 Å². The number of unbranched alkanes of at least 4 members (excludes halogenated alkanes) is 33. The van der Waals surface area contributed by atoms with E-state index in [0.29, 0.717) is 12.8 Å². The third-order valence-electron chi connectivity index (χ3n) is 14.9. The van der Waals surface area contributed by atoms with E-state index in [2.05, 4.69) is 74.7 Å². The molecule has 8 unspecified atom stereocenters. The van der Waals surface area contributed by atoms with Gasteiger partial charge in [0.05, 0.1) is 25.4 Å². The first-order chi connectivity index (χ1) is 37.7. The van der Waals surface area contributed by atoms with Crippen molar-refractivity contribution < 1.29 is 49.3 Å². The number of esters is 1. The molecule has 11 nitrogen and oxygen atoms in total. The Balaban J connectivity index is 2.67. The number of nitrogens with one attached hydrogen (secondary N) is 1. The summed E-state index contributed by atoms with van der Waals surface area (Å²) < 4.78 is 17.6. The molecular weight excluding hydrogens is 967 g/mol. The van der Waals surface area contributed by atoms with Gasteiger partial charge in [0.15, 0.2) is 12.4 Å². The maximum atomic E-state index is 13.4. The number of carbonyl (C=O) groups is 2. The molecule has 77 heavy (non-hydrogen) atoms. The molecule has 0 saturated carbocycles. The van der Waals surface area contributed by atoms with Crippen LogP contribution in [0.1, 0.15) is 284 Å². The summed E-state index contributed by atoms with van der Waals surface area (Å²) in [6.45, 7) is 5.74. The van der Waals surface area contributed by atoms with Crippen molar-refractivity contribution in [1.82, 2.24) is 5.32 Å². The predicted octanol–water partition coefficient (Wildman–Crippen LogP) is 15.4. The van der Waals surface area contributed by atoms with Crippen LogP contribution in [-0.4, -0.2) is 99.6 Å². The fraction of sp³-hybridized carbons (Fsp3) is 0.818. The minimum atomic E-state index is -1.62. The van der Waals surface area contributed by atoms with E-state index in [4.69, 9.17) is 14.2 Å². The number of ether oxygens (including phenoxy) is 3. The SMILES string of the molecule is CCCCC/C=C\C/C=C\CCCCCCCCCCCCC(O)C(=O)NC(COC1OC(CO)C(O)C(O)C1OC(=O)CCCCCCCC/C=C/C=C/CCCCC)C(O)/C=C/CCCCCCCCCCCCC. The first kappa shape index (κ1) is 72.4. The molecule has 1 aliphatic heterocycles. The molecule has 1 saturated heterocycles. The van der Waals surface area contributed by atoms with Gasteiger partial charge in [-0.3, -0.25) is 9.59 Å². The predicted molar refractivity (Wildman–Crippen MR) is 320 cm³/mol. The zero-order chi connectivity index (χ0) is 56.1. The minimum Gasteiger partial charge on any atom is -0.454 e. The summed E-state index contributed by atoms with van der Waals surface area (Å²) in [6.07, 6.45) is 56.8. The molecule has 0 spiro atoms. The normalized spacial score (nSPS) is 19.4. The van der Waals surface area contributed by atoms with Gasteiger partial charge in [0.25, 0.3) is 0 Å². The van der Waals surface area contributed by atoms with Gasteiger partial charge in [0.2, 0.25) is 5.91 Å². The Hall–Kier alpha value is -2.64. The van der Waals surface area contributed by atoms with Crippen molar-refractivity contribution in [3.8, 4) is 0 Å². The highest BCUT2D eigenvalue weighted by atomic mass is 16.7. The molecule has 1 heterocycles. The van der Waals surface area contributed by atoms with Gasteiger partial charge in [-0.15, -0.1) is 0 Å². The second-order valence-corrected chi connectivity index (χ2v) is 22.2. The van der Waals surface area contributed by atoms with Crippen molar-refractivity contribution in [3.05, 3.63) is 60.8 Å². The second-order valence-electron chi connectivity index (χ2n) is 22.2. The van der Waals surface area contributed by atoms with Gasteiger partial charge in [0, 0.05) is 6.42 Å². The Morgan fingerprint density at radius 1 is 0.519 bits per heavy atom. The lowest BCUT2D eigenvalue weighted by atomic mass is 9.99. The number of allylic oxidation sites excluding steroid dienone is 9. The molecule has 448 valence electrons. The summed E-state index contributed by atoms with van der Waals surface area (Å²) in [5.74, 6) is -1.20. The van der Waals surface area contributed by atoms with Crippen molar-refractivity contribution >= 4 is 11.9 Å². The molecule has 6 N–H and O–H groups in total. The molecule has 0 aliphatic carbocycles. The third-order valence-corrected chi connectivity index (χ3v) is 14.9. The van der Waals surface area contributed by atoms with Crippen LogP contribution in [0.4, 0.5) is 0 Å². The molecule has 0 aromatic rings. The van der Waals surface area contributed by atoms with E-state index in [1.165, 1.54) is 141 Å². The Morgan fingerprint density at radius 2 is 0.935 bits per heavy atom. The van der Waals surface area contributed by atoms with Crippen LogP contribution >= 0.6 is 0 Å². The first-order valence-electron chi connectivity index (χ1n) is 32.1. The molecule has 0 aromatic heterocycles. The lowest BCUT2D eigenvalue weighted by Gasteiger charge is -2.41. The molecule has 1 amide bonds. The van der Waals surface area contributed by atoms with Gasteiger partial charge in [0.1, 0.15) is 24.4 Å². The van der Waals surface area contributed by atoms with Crippen molar-refractivity contribution in [3.63, 3.8) is 0 Å². The lowest BCUT2D eigenvalue weighted by Crippen LogP contribution is -2.61. The Morgan fingerprint density at radius 3 is 1.43 bits per heavy atom. The van der Waals surface area contributed by atoms with E-state index < -0.39 is 67.4 Å². The van der Waals surface area contributed by atoms with Crippen molar-refractivity contribution in [2.45, 2.75) is 333 Å². The first-order valence-corrected chi connectivity index (χ1v) is 32.1. The zero-order valence-electron chi connectivity index (χ0n) is 49.6. The van der Waals surface area contributed by atoms with Crippen LogP contribution in [0.3, 0.4) is 0 Å². The van der Waals surface area contributed by atoms with Gasteiger partial charge in [-0.05, 0) is 83.5 Å². The zero-order valence-corrected chi connectivity index (χ0v) is 49.6. The Bertz CT molecular complexity index is 1480. The number of carbonyl (C=O) groups excluding carboxylic acids is 2. The van der Waals surface area contributed by atoms with E-state index in [0.717, 1.165) is 96.3 Å². The highest BCUT2D eigenvalue weighted by Crippen LogP contribution is 2.26. The second kappa shape index (κ2) is 54.0. The summed E-state index contributed by atoms with van der Waals surface area (Å²) in [6, 6.07) is -1.03. The average Bonchev–Trinajstić information content (AvgIpc) is 3.43. The monoisotopic (exact) mass is 1090 g/mol. The maximum absolute atomic E-state index is 13.4. The van der Waals surface area contributed by atoms with E-state index in [-0.39, 0.29) is 19.4 Å². The number of aliphatic hydroxyl groups is 5. The van der Waals surface area contributed by atoms with E-state index >= 15 is 0 Å². The number of aliphatic hydroxyl groups excluding tert-OH is 5. The molecule has 11 heteroatoms. The quantitative estimate of drug-likeness (QED) is 0.0149. The molecule has 1 fully saturated rings. The topological polar surface area (TPSA) is 175 Å². The summed E-state index contributed by atoms with van der Waals surface area (Å²) in [4.78, 5) is 26.6. The van der Waals surface area contributed by atoms with Gasteiger partial charge in [-0.25, -0.2) is 0 Å². The smallest absolute Gasteiger partial charge is 0.306 e. The summed E-state index contributed by atoms with van der Waals surface area (Å²) in [5.41, 5.74) is 0. The minimum absolute atomic E-state index is 0.110. The Labute approximate surface area is 471 Å². The van der Waals surface area contributed by atoms with Crippen LogP contribution in [0.2, 0.25) is 0 Å². The van der Waals surface area contributed by atoms with Crippen LogP contribution in [0.5, 0.6) is 0 Å². The van der Waals surface area contributed by atoms with Crippen LogP contribution < -0.4 is 5.32 Å². The maximum Gasteiger partial charge on any atom is 0.306 e. The van der Waals surface area contributed by atoms with E-state index in [1.807, 2.05) is 6.08 Å². The van der Waals surface area contributed by atoms with Crippen molar-refractivity contribution in [2.24, 2.45) is 0 Å². The van der Waals surface area contributed by atoms with E-state index in [1.54, 1.807) is 6.08 Å². The number of rotatable bonds is 54. The van der Waals surface area contributed by atoms with Crippen LogP contribution in [0.15, 0.2) is 60.8 Å². The van der Waals surface area contributed by atoms with Gasteiger partial charge < -0.3 is 45.1 Å². The van der Waals surface area contributed by atoms with Crippen molar-refractivity contribution in [1.29, 1.82) is 0 Å². The third kappa shape index (κ3) is 42.0. The standard InChI is InChI=1S/C66H119NO10/c1-4-7-10-13-16-19-22-25-27-28-29-30-31-33-35-38-41-44-47-50-53-59(70)65(74)67-57(58(69)52-49-46-43-40-37-34-24-21-18-15-12-9-6-3)56-75-66-64(63(73)62(72)60(55-68)76-66)77-61(71)54-51-48-45-42-39-36-32-26-23-20-17-14-11-8-5-2/h16-17,19-20,23,25-27,49,52,57-60,62-64,66,68-70,72-73H,4-15,18,21-22,24,28-48,50-51,53-56H2,1-3H3,(H,67,74)/b19-16-,20-17+,26-23+,27-25-,52-49+. The largest absolute Gasteiger partial charge is 0.454 e. The molecule has 0 bridgehead atoms. The summed E-state index contributed by atoms with van der Waals surface area (Å²) in [5, 5.41) is 57.0.